The molecule has 2 atom stereocenters. The van der Waals surface area contributed by atoms with E-state index in [0.29, 0.717) is 13.2 Å². The van der Waals surface area contributed by atoms with Crippen molar-refractivity contribution in [3.8, 4) is 0 Å². The van der Waals surface area contributed by atoms with Crippen LogP contribution in [0.15, 0.2) is 30.3 Å². The first-order chi connectivity index (χ1) is 9.15. The van der Waals surface area contributed by atoms with Crippen LogP contribution in [0.5, 0.6) is 0 Å². The third kappa shape index (κ3) is 2.78. The number of amides is 1. The zero-order valence-electron chi connectivity index (χ0n) is 11.3. The van der Waals surface area contributed by atoms with Crippen LogP contribution in [0.3, 0.4) is 0 Å². The maximum atomic E-state index is 12.3. The van der Waals surface area contributed by atoms with Crippen molar-refractivity contribution >= 4 is 11.9 Å². The molecule has 0 saturated carbocycles. The Balaban J connectivity index is 2.29. The standard InChI is InChI=1S/C15H19NO3/c1-3-19-15(18)13-12(9-10-16(2)14(13)17)11-7-5-4-6-8-11/h4-8,12-13H,3,9-10H2,1-2H3/t12-,13-/m1/s1. The number of hydrogen-bond acceptors (Lipinski definition) is 3. The van der Waals surface area contributed by atoms with Gasteiger partial charge in [-0.3, -0.25) is 9.59 Å². The van der Waals surface area contributed by atoms with Crippen LogP contribution in [0.1, 0.15) is 24.8 Å². The highest BCUT2D eigenvalue weighted by atomic mass is 16.5. The lowest BCUT2D eigenvalue weighted by atomic mass is 9.80. The summed E-state index contributed by atoms with van der Waals surface area (Å²) in [6.07, 6.45) is 0.787. The van der Waals surface area contributed by atoms with Crippen molar-refractivity contribution < 1.29 is 14.3 Å². The van der Waals surface area contributed by atoms with Gasteiger partial charge in [-0.15, -0.1) is 0 Å². The summed E-state index contributed by atoms with van der Waals surface area (Å²) in [7, 11) is 1.73. The molecule has 4 heteroatoms. The number of hydrogen-bond donors (Lipinski definition) is 0. The van der Waals surface area contributed by atoms with Crippen LogP contribution in [0, 0.1) is 5.92 Å². The minimum Gasteiger partial charge on any atom is -0.465 e. The van der Waals surface area contributed by atoms with Crippen LogP contribution in [0.4, 0.5) is 0 Å². The van der Waals surface area contributed by atoms with Gasteiger partial charge in [-0.1, -0.05) is 30.3 Å². The SMILES string of the molecule is CCOC(=O)[C@H]1C(=O)N(C)CC[C@@H]1c1ccccc1. The minimum absolute atomic E-state index is 0.0797. The molecule has 1 aromatic carbocycles. The summed E-state index contributed by atoms with van der Waals surface area (Å²) in [5.41, 5.74) is 1.03. The Bertz CT molecular complexity index is 458. The Labute approximate surface area is 113 Å². The maximum absolute atomic E-state index is 12.3. The van der Waals surface area contributed by atoms with E-state index in [9.17, 15) is 9.59 Å². The molecular formula is C15H19NO3. The van der Waals surface area contributed by atoms with Crippen LogP contribution in [-0.4, -0.2) is 37.0 Å². The van der Waals surface area contributed by atoms with Crippen molar-refractivity contribution in [3.05, 3.63) is 35.9 Å². The van der Waals surface area contributed by atoms with Gasteiger partial charge < -0.3 is 9.64 Å². The summed E-state index contributed by atoms with van der Waals surface area (Å²) in [5, 5.41) is 0. The number of esters is 1. The van der Waals surface area contributed by atoms with E-state index in [1.165, 1.54) is 0 Å². The Morgan fingerprint density at radius 2 is 2.05 bits per heavy atom. The van der Waals surface area contributed by atoms with Gasteiger partial charge >= 0.3 is 5.97 Å². The molecule has 1 fully saturated rings. The summed E-state index contributed by atoms with van der Waals surface area (Å²) < 4.78 is 5.07. The zero-order valence-corrected chi connectivity index (χ0v) is 11.3. The van der Waals surface area contributed by atoms with Gasteiger partial charge in [-0.2, -0.15) is 0 Å². The summed E-state index contributed by atoms with van der Waals surface area (Å²) in [4.78, 5) is 25.9. The van der Waals surface area contributed by atoms with Crippen molar-refractivity contribution in [2.24, 2.45) is 5.92 Å². The lowest BCUT2D eigenvalue weighted by Crippen LogP contribution is -2.46. The number of carbonyl (C=O) groups is 2. The monoisotopic (exact) mass is 261 g/mol. The van der Waals surface area contributed by atoms with Gasteiger partial charge in [0.15, 0.2) is 0 Å². The van der Waals surface area contributed by atoms with E-state index in [0.717, 1.165) is 12.0 Å². The summed E-state index contributed by atoms with van der Waals surface area (Å²) in [6.45, 7) is 2.73. The maximum Gasteiger partial charge on any atom is 0.319 e. The van der Waals surface area contributed by atoms with Gasteiger partial charge in [0.1, 0.15) is 5.92 Å². The molecule has 0 bridgehead atoms. The van der Waals surface area contributed by atoms with Crippen LogP contribution in [-0.2, 0) is 14.3 Å². The topological polar surface area (TPSA) is 46.6 Å². The number of carbonyl (C=O) groups excluding carboxylic acids is 2. The first-order valence-corrected chi connectivity index (χ1v) is 6.61. The number of ether oxygens (including phenoxy) is 1. The van der Waals surface area contributed by atoms with Crippen LogP contribution < -0.4 is 0 Å². The average Bonchev–Trinajstić information content (AvgIpc) is 2.42. The van der Waals surface area contributed by atoms with E-state index in [1.54, 1.807) is 18.9 Å². The number of likely N-dealkylation sites (tertiary alicyclic amines) is 1. The molecule has 0 aromatic heterocycles. The molecule has 0 radical (unpaired) electrons. The van der Waals surface area contributed by atoms with E-state index in [4.69, 9.17) is 4.74 Å². The van der Waals surface area contributed by atoms with Crippen molar-refractivity contribution in [1.82, 2.24) is 4.90 Å². The molecule has 2 rings (SSSR count). The van der Waals surface area contributed by atoms with E-state index >= 15 is 0 Å². The largest absolute Gasteiger partial charge is 0.465 e. The van der Waals surface area contributed by atoms with E-state index in [2.05, 4.69) is 0 Å². The molecule has 1 aromatic rings. The average molecular weight is 261 g/mol. The van der Waals surface area contributed by atoms with E-state index in [1.807, 2.05) is 30.3 Å². The lowest BCUT2D eigenvalue weighted by molar-refractivity contribution is -0.158. The molecule has 0 unspecified atom stereocenters. The van der Waals surface area contributed by atoms with Gasteiger partial charge in [0.2, 0.25) is 5.91 Å². The van der Waals surface area contributed by atoms with E-state index < -0.39 is 11.9 Å². The Hall–Kier alpha value is -1.84. The van der Waals surface area contributed by atoms with Crippen molar-refractivity contribution in [2.75, 3.05) is 20.2 Å². The Morgan fingerprint density at radius 1 is 1.37 bits per heavy atom. The van der Waals surface area contributed by atoms with Crippen LogP contribution >= 0.6 is 0 Å². The molecule has 1 aliphatic heterocycles. The molecule has 1 aliphatic rings. The fraction of sp³-hybridized carbons (Fsp3) is 0.467. The fourth-order valence-corrected chi connectivity index (χ4v) is 2.58. The number of benzene rings is 1. The van der Waals surface area contributed by atoms with Crippen molar-refractivity contribution in [2.45, 2.75) is 19.3 Å². The van der Waals surface area contributed by atoms with Crippen LogP contribution in [0.25, 0.3) is 0 Å². The Morgan fingerprint density at radius 3 is 2.68 bits per heavy atom. The van der Waals surface area contributed by atoms with Gasteiger partial charge in [0.05, 0.1) is 6.61 Å². The van der Waals surface area contributed by atoms with Crippen molar-refractivity contribution in [1.29, 1.82) is 0 Å². The summed E-state index contributed by atoms with van der Waals surface area (Å²) in [5.74, 6) is -1.34. The first kappa shape index (κ1) is 13.6. The Kier molecular flexibility index (Phi) is 4.20. The molecule has 1 heterocycles. The number of piperidine rings is 1. The van der Waals surface area contributed by atoms with Gasteiger partial charge in [-0.05, 0) is 18.9 Å². The van der Waals surface area contributed by atoms with Gasteiger partial charge in [0.25, 0.3) is 0 Å². The third-order valence-electron chi connectivity index (χ3n) is 3.59. The zero-order chi connectivity index (χ0) is 13.8. The number of nitrogens with zero attached hydrogens (tertiary/aromatic N) is 1. The van der Waals surface area contributed by atoms with Crippen molar-refractivity contribution in [3.63, 3.8) is 0 Å². The normalized spacial score (nSPS) is 23.3. The molecule has 1 amide bonds. The summed E-state index contributed by atoms with van der Waals surface area (Å²) >= 11 is 0. The number of rotatable bonds is 3. The highest BCUT2D eigenvalue weighted by Crippen LogP contribution is 2.34. The molecular weight excluding hydrogens is 242 g/mol. The highest BCUT2D eigenvalue weighted by Gasteiger charge is 2.41. The predicted molar refractivity (Wildman–Crippen MR) is 71.6 cm³/mol. The first-order valence-electron chi connectivity index (χ1n) is 6.61. The smallest absolute Gasteiger partial charge is 0.319 e. The van der Waals surface area contributed by atoms with Crippen LogP contribution in [0.2, 0.25) is 0 Å². The predicted octanol–water partition coefficient (Wildman–Crippen LogP) is 1.81. The van der Waals surface area contributed by atoms with Gasteiger partial charge in [-0.25, -0.2) is 0 Å². The second-order valence-corrected chi connectivity index (χ2v) is 4.80. The second kappa shape index (κ2) is 5.87. The molecule has 102 valence electrons. The quantitative estimate of drug-likeness (QED) is 0.616. The minimum atomic E-state index is -0.707. The molecule has 0 spiro atoms. The summed E-state index contributed by atoms with van der Waals surface area (Å²) in [6, 6.07) is 9.73. The second-order valence-electron chi connectivity index (χ2n) is 4.80. The highest BCUT2D eigenvalue weighted by molar-refractivity contribution is 5.99. The van der Waals surface area contributed by atoms with E-state index in [-0.39, 0.29) is 11.8 Å². The molecule has 0 N–H and O–H groups in total. The third-order valence-corrected chi connectivity index (χ3v) is 3.59. The molecule has 1 saturated heterocycles. The molecule has 19 heavy (non-hydrogen) atoms. The molecule has 4 nitrogen and oxygen atoms in total. The lowest BCUT2D eigenvalue weighted by Gasteiger charge is -2.34. The molecule has 0 aliphatic carbocycles. The van der Waals surface area contributed by atoms with Gasteiger partial charge in [0, 0.05) is 19.5 Å². The fourth-order valence-electron chi connectivity index (χ4n) is 2.58.